The molecule has 0 spiro atoms. The third kappa shape index (κ3) is 2.98. The van der Waals surface area contributed by atoms with E-state index in [1.807, 2.05) is 42.2 Å². The number of allylic oxidation sites excluding steroid dienone is 1. The van der Waals surface area contributed by atoms with Gasteiger partial charge in [0.25, 0.3) is 0 Å². The number of aldehydes is 1. The van der Waals surface area contributed by atoms with Crippen LogP contribution in [0, 0.1) is 5.41 Å². The molecule has 1 aliphatic rings. The summed E-state index contributed by atoms with van der Waals surface area (Å²) >= 11 is 0. The van der Waals surface area contributed by atoms with E-state index in [0.717, 1.165) is 37.7 Å². The van der Waals surface area contributed by atoms with Gasteiger partial charge in [0, 0.05) is 13.1 Å². The average Bonchev–Trinajstić information content (AvgIpc) is 2.50. The molecular formula is C17H21NO2. The first-order valence-corrected chi connectivity index (χ1v) is 7.18. The molecular weight excluding hydrogens is 250 g/mol. The third-order valence-corrected chi connectivity index (χ3v) is 4.11. The van der Waals surface area contributed by atoms with Crippen LogP contribution in [0.15, 0.2) is 42.5 Å². The molecule has 0 bridgehead atoms. The van der Waals surface area contributed by atoms with Gasteiger partial charge >= 0.3 is 0 Å². The van der Waals surface area contributed by atoms with Gasteiger partial charge in [-0.05, 0) is 30.9 Å². The Morgan fingerprint density at radius 3 is 2.70 bits per heavy atom. The van der Waals surface area contributed by atoms with Crippen LogP contribution in [-0.4, -0.2) is 23.6 Å². The standard InChI is InChI=1S/C17H21NO2/c1-2-17(11-7-13-19)10-6-12-18(16(17)20)14-15-8-4-3-5-9-15/h3-5,7-9,11,13H,2,6,10,12,14H2,1H3/b11-7+. The molecule has 0 radical (unpaired) electrons. The molecule has 2 rings (SSSR count). The summed E-state index contributed by atoms with van der Waals surface area (Å²) in [6.45, 7) is 3.46. The normalized spacial score (nSPS) is 23.2. The maximum Gasteiger partial charge on any atom is 0.232 e. The van der Waals surface area contributed by atoms with Crippen molar-refractivity contribution in [1.82, 2.24) is 4.90 Å². The molecule has 1 aromatic rings. The summed E-state index contributed by atoms with van der Waals surface area (Å²) in [4.78, 5) is 25.2. The van der Waals surface area contributed by atoms with Crippen molar-refractivity contribution in [2.45, 2.75) is 32.7 Å². The van der Waals surface area contributed by atoms with Crippen molar-refractivity contribution in [3.63, 3.8) is 0 Å². The number of hydrogen-bond donors (Lipinski definition) is 0. The fourth-order valence-corrected chi connectivity index (χ4v) is 2.89. The first kappa shape index (κ1) is 14.5. The molecule has 20 heavy (non-hydrogen) atoms. The van der Waals surface area contributed by atoms with Crippen LogP contribution < -0.4 is 0 Å². The Bertz CT molecular complexity index is 495. The van der Waals surface area contributed by atoms with Crippen molar-refractivity contribution in [3.05, 3.63) is 48.0 Å². The zero-order valence-corrected chi connectivity index (χ0v) is 11.9. The predicted octanol–water partition coefficient (Wildman–Crippen LogP) is 2.96. The number of carbonyl (C=O) groups is 2. The van der Waals surface area contributed by atoms with Gasteiger partial charge in [0.05, 0.1) is 5.41 Å². The fourth-order valence-electron chi connectivity index (χ4n) is 2.89. The van der Waals surface area contributed by atoms with E-state index in [2.05, 4.69) is 0 Å². The number of piperidine rings is 1. The largest absolute Gasteiger partial charge is 0.338 e. The molecule has 1 aromatic carbocycles. The molecule has 0 aliphatic carbocycles. The number of hydrogen-bond acceptors (Lipinski definition) is 2. The lowest BCUT2D eigenvalue weighted by Crippen LogP contribution is -2.47. The van der Waals surface area contributed by atoms with E-state index >= 15 is 0 Å². The Balaban J connectivity index is 2.17. The van der Waals surface area contributed by atoms with Gasteiger partial charge in [0.1, 0.15) is 6.29 Å². The van der Waals surface area contributed by atoms with Crippen LogP contribution in [0.3, 0.4) is 0 Å². The molecule has 0 N–H and O–H groups in total. The van der Waals surface area contributed by atoms with Gasteiger partial charge < -0.3 is 4.90 Å². The number of rotatable bonds is 5. The molecule has 1 fully saturated rings. The zero-order chi connectivity index (χ0) is 14.4. The highest BCUT2D eigenvalue weighted by atomic mass is 16.2. The summed E-state index contributed by atoms with van der Waals surface area (Å²) in [7, 11) is 0. The molecule has 1 amide bonds. The monoisotopic (exact) mass is 271 g/mol. The van der Waals surface area contributed by atoms with Crippen molar-refractivity contribution in [1.29, 1.82) is 0 Å². The fraction of sp³-hybridized carbons (Fsp3) is 0.412. The topological polar surface area (TPSA) is 37.4 Å². The van der Waals surface area contributed by atoms with E-state index in [-0.39, 0.29) is 5.91 Å². The van der Waals surface area contributed by atoms with Crippen LogP contribution in [0.25, 0.3) is 0 Å². The first-order valence-electron chi connectivity index (χ1n) is 7.18. The Morgan fingerprint density at radius 1 is 1.30 bits per heavy atom. The van der Waals surface area contributed by atoms with Crippen molar-refractivity contribution in [2.24, 2.45) is 5.41 Å². The second-order valence-corrected chi connectivity index (χ2v) is 5.32. The van der Waals surface area contributed by atoms with Gasteiger partial charge in [-0.3, -0.25) is 9.59 Å². The highest BCUT2D eigenvalue weighted by molar-refractivity contribution is 5.86. The summed E-state index contributed by atoms with van der Waals surface area (Å²) in [5.41, 5.74) is 0.653. The maximum absolute atomic E-state index is 12.7. The average molecular weight is 271 g/mol. The minimum absolute atomic E-state index is 0.146. The molecule has 106 valence electrons. The van der Waals surface area contributed by atoms with E-state index < -0.39 is 5.41 Å². The van der Waals surface area contributed by atoms with Gasteiger partial charge in [-0.15, -0.1) is 0 Å². The maximum atomic E-state index is 12.7. The molecule has 0 saturated carbocycles. The first-order chi connectivity index (χ1) is 9.72. The molecule has 0 aromatic heterocycles. The van der Waals surface area contributed by atoms with E-state index in [4.69, 9.17) is 0 Å². The van der Waals surface area contributed by atoms with E-state index in [0.29, 0.717) is 6.54 Å². The zero-order valence-electron chi connectivity index (χ0n) is 11.9. The van der Waals surface area contributed by atoms with Gasteiger partial charge in [-0.1, -0.05) is 43.3 Å². The summed E-state index contributed by atoms with van der Waals surface area (Å²) in [5, 5.41) is 0. The number of likely N-dealkylation sites (tertiary alicyclic amines) is 1. The summed E-state index contributed by atoms with van der Waals surface area (Å²) in [5.74, 6) is 0.146. The second-order valence-electron chi connectivity index (χ2n) is 5.32. The molecule has 1 atom stereocenters. The lowest BCUT2D eigenvalue weighted by molar-refractivity contribution is -0.144. The van der Waals surface area contributed by atoms with Crippen molar-refractivity contribution in [2.75, 3.05) is 6.54 Å². The molecule has 3 heteroatoms. The molecule has 1 heterocycles. The highest BCUT2D eigenvalue weighted by Gasteiger charge is 2.40. The van der Waals surface area contributed by atoms with E-state index in [9.17, 15) is 9.59 Å². The highest BCUT2D eigenvalue weighted by Crippen LogP contribution is 2.36. The summed E-state index contributed by atoms with van der Waals surface area (Å²) in [6, 6.07) is 10.0. The van der Waals surface area contributed by atoms with Gasteiger partial charge in [-0.25, -0.2) is 0 Å². The summed E-state index contributed by atoms with van der Waals surface area (Å²) < 4.78 is 0. The van der Waals surface area contributed by atoms with Crippen LogP contribution in [0.1, 0.15) is 31.7 Å². The van der Waals surface area contributed by atoms with E-state index in [1.54, 1.807) is 6.08 Å². The Labute approximate surface area is 120 Å². The SMILES string of the molecule is CCC1(/C=C/C=O)CCCN(Cc2ccccc2)C1=O. The van der Waals surface area contributed by atoms with Gasteiger partial charge in [0.2, 0.25) is 5.91 Å². The smallest absolute Gasteiger partial charge is 0.232 e. The van der Waals surface area contributed by atoms with Crippen LogP contribution in [0.5, 0.6) is 0 Å². The molecule has 1 saturated heterocycles. The van der Waals surface area contributed by atoms with Crippen LogP contribution >= 0.6 is 0 Å². The number of benzene rings is 1. The molecule has 1 aliphatic heterocycles. The molecule has 3 nitrogen and oxygen atoms in total. The number of carbonyl (C=O) groups excluding carboxylic acids is 2. The Hall–Kier alpha value is -1.90. The number of nitrogens with zero attached hydrogens (tertiary/aromatic N) is 1. The minimum Gasteiger partial charge on any atom is -0.338 e. The van der Waals surface area contributed by atoms with Crippen LogP contribution in [0.2, 0.25) is 0 Å². The van der Waals surface area contributed by atoms with Gasteiger partial charge in [-0.2, -0.15) is 0 Å². The quantitative estimate of drug-likeness (QED) is 0.610. The van der Waals surface area contributed by atoms with Crippen molar-refractivity contribution >= 4 is 12.2 Å². The minimum atomic E-state index is -0.492. The Morgan fingerprint density at radius 2 is 2.05 bits per heavy atom. The third-order valence-electron chi connectivity index (χ3n) is 4.11. The number of amides is 1. The van der Waals surface area contributed by atoms with Gasteiger partial charge in [0.15, 0.2) is 0 Å². The second kappa shape index (κ2) is 6.51. The van der Waals surface area contributed by atoms with E-state index in [1.165, 1.54) is 6.08 Å². The van der Waals surface area contributed by atoms with Crippen molar-refractivity contribution in [3.8, 4) is 0 Å². The summed E-state index contributed by atoms with van der Waals surface area (Å²) in [6.07, 6.45) is 6.56. The van der Waals surface area contributed by atoms with Crippen molar-refractivity contribution < 1.29 is 9.59 Å². The lowest BCUT2D eigenvalue weighted by atomic mass is 9.76. The van der Waals surface area contributed by atoms with Crippen LogP contribution in [0.4, 0.5) is 0 Å². The predicted molar refractivity (Wildman–Crippen MR) is 79.0 cm³/mol. The Kier molecular flexibility index (Phi) is 4.72. The molecule has 1 unspecified atom stereocenters. The van der Waals surface area contributed by atoms with Crippen LogP contribution in [-0.2, 0) is 16.1 Å². The lowest BCUT2D eigenvalue weighted by Gasteiger charge is -2.39.